The SMILES string of the molecule is CCOC(=O)C(C#N)C(=O)c1ccccc1S(=O)(=O)NCc1ccc(I)cc1. The highest BCUT2D eigenvalue weighted by atomic mass is 127. The number of carbonyl (C=O) groups is 2. The first-order valence-electron chi connectivity index (χ1n) is 8.23. The van der Waals surface area contributed by atoms with E-state index in [9.17, 15) is 23.3 Å². The minimum atomic E-state index is -4.06. The topological polar surface area (TPSA) is 113 Å². The van der Waals surface area contributed by atoms with Gasteiger partial charge in [-0.2, -0.15) is 5.26 Å². The second-order valence-electron chi connectivity index (χ2n) is 5.63. The molecular formula is C19H17IN2O5S. The molecule has 0 amide bonds. The van der Waals surface area contributed by atoms with Crippen molar-refractivity contribution in [1.82, 2.24) is 4.72 Å². The summed E-state index contributed by atoms with van der Waals surface area (Å²) < 4.78 is 33.7. The molecule has 7 nitrogen and oxygen atoms in total. The van der Waals surface area contributed by atoms with E-state index in [4.69, 9.17) is 4.74 Å². The molecule has 9 heteroatoms. The van der Waals surface area contributed by atoms with Gasteiger partial charge in [-0.3, -0.25) is 9.59 Å². The smallest absolute Gasteiger partial charge is 0.331 e. The standard InChI is InChI=1S/C19H17IN2O5S/c1-2-27-19(24)16(11-21)18(23)15-5-3-4-6-17(15)28(25,26)22-12-13-7-9-14(20)10-8-13/h3-10,16,22H,2,12H2,1H3. The lowest BCUT2D eigenvalue weighted by atomic mass is 9.99. The van der Waals surface area contributed by atoms with Crippen molar-refractivity contribution >= 4 is 44.4 Å². The third-order valence-corrected chi connectivity index (χ3v) is 5.91. The number of ketones is 1. The molecule has 0 bridgehead atoms. The van der Waals surface area contributed by atoms with Crippen molar-refractivity contribution in [2.45, 2.75) is 18.4 Å². The fourth-order valence-electron chi connectivity index (χ4n) is 2.36. The van der Waals surface area contributed by atoms with Crippen molar-refractivity contribution in [3.63, 3.8) is 0 Å². The number of Topliss-reactive ketones (excluding diaryl/α,β-unsaturated/α-hetero) is 1. The van der Waals surface area contributed by atoms with E-state index < -0.39 is 27.7 Å². The Balaban J connectivity index is 2.31. The summed E-state index contributed by atoms with van der Waals surface area (Å²) in [6.07, 6.45) is 0. The number of halogens is 1. The van der Waals surface area contributed by atoms with Gasteiger partial charge in [0.2, 0.25) is 15.9 Å². The van der Waals surface area contributed by atoms with Crippen LogP contribution in [0, 0.1) is 20.8 Å². The average Bonchev–Trinajstić information content (AvgIpc) is 2.68. The molecule has 2 aromatic carbocycles. The summed E-state index contributed by atoms with van der Waals surface area (Å²) in [4.78, 5) is 24.2. The molecule has 0 aliphatic heterocycles. The van der Waals surface area contributed by atoms with Gasteiger partial charge in [0.1, 0.15) is 0 Å². The van der Waals surface area contributed by atoms with Crippen LogP contribution in [0.4, 0.5) is 0 Å². The number of esters is 1. The number of benzene rings is 2. The lowest BCUT2D eigenvalue weighted by molar-refractivity contribution is -0.144. The predicted octanol–water partition coefficient (Wildman–Crippen LogP) is 2.66. The Morgan fingerprint density at radius 1 is 1.18 bits per heavy atom. The van der Waals surface area contributed by atoms with Gasteiger partial charge in [-0.1, -0.05) is 24.3 Å². The molecular weight excluding hydrogens is 495 g/mol. The highest BCUT2D eigenvalue weighted by Gasteiger charge is 2.32. The Labute approximate surface area is 176 Å². The number of ether oxygens (including phenoxy) is 1. The molecule has 0 fully saturated rings. The molecule has 0 aliphatic rings. The van der Waals surface area contributed by atoms with Crippen LogP contribution < -0.4 is 4.72 Å². The van der Waals surface area contributed by atoms with E-state index in [0.717, 1.165) is 9.13 Å². The zero-order valence-electron chi connectivity index (χ0n) is 14.9. The summed E-state index contributed by atoms with van der Waals surface area (Å²) >= 11 is 2.14. The van der Waals surface area contributed by atoms with Crippen LogP contribution in [0.25, 0.3) is 0 Å². The normalized spacial score (nSPS) is 12.0. The molecule has 2 rings (SSSR count). The van der Waals surface area contributed by atoms with E-state index in [-0.39, 0.29) is 23.6 Å². The quantitative estimate of drug-likeness (QED) is 0.252. The molecule has 1 unspecified atom stereocenters. The fraction of sp³-hybridized carbons (Fsp3) is 0.211. The van der Waals surface area contributed by atoms with E-state index in [0.29, 0.717) is 0 Å². The van der Waals surface area contributed by atoms with Gasteiger partial charge in [-0.25, -0.2) is 13.1 Å². The first-order chi connectivity index (χ1) is 13.3. The van der Waals surface area contributed by atoms with Crippen molar-refractivity contribution in [3.05, 3.63) is 63.2 Å². The largest absolute Gasteiger partial charge is 0.465 e. The van der Waals surface area contributed by atoms with E-state index >= 15 is 0 Å². The summed E-state index contributed by atoms with van der Waals surface area (Å²) in [5, 5.41) is 9.19. The molecule has 28 heavy (non-hydrogen) atoms. The Kier molecular flexibility index (Phi) is 7.68. The van der Waals surface area contributed by atoms with Gasteiger partial charge in [-0.15, -0.1) is 0 Å². The molecule has 2 aromatic rings. The highest BCUT2D eigenvalue weighted by Crippen LogP contribution is 2.20. The zero-order valence-corrected chi connectivity index (χ0v) is 17.9. The Morgan fingerprint density at radius 2 is 1.82 bits per heavy atom. The van der Waals surface area contributed by atoms with E-state index in [2.05, 4.69) is 27.3 Å². The lowest BCUT2D eigenvalue weighted by Gasteiger charge is -2.13. The Bertz CT molecular complexity index is 1010. The number of hydrogen-bond acceptors (Lipinski definition) is 6. The summed E-state index contributed by atoms with van der Waals surface area (Å²) in [7, 11) is -4.06. The molecule has 1 N–H and O–H groups in total. The first kappa shape index (κ1) is 22.0. The minimum absolute atomic E-state index is 0.00179. The highest BCUT2D eigenvalue weighted by molar-refractivity contribution is 14.1. The number of hydrogen-bond donors (Lipinski definition) is 1. The average molecular weight is 512 g/mol. The van der Waals surface area contributed by atoms with Gasteiger partial charge in [-0.05, 0) is 59.3 Å². The molecule has 0 heterocycles. The van der Waals surface area contributed by atoms with Crippen LogP contribution in [-0.2, 0) is 26.1 Å². The second-order valence-corrected chi connectivity index (χ2v) is 8.61. The molecule has 1 atom stereocenters. The molecule has 0 aliphatic carbocycles. The van der Waals surface area contributed by atoms with Crippen molar-refractivity contribution in [1.29, 1.82) is 5.26 Å². The summed E-state index contributed by atoms with van der Waals surface area (Å²) in [5.74, 6) is -3.65. The van der Waals surface area contributed by atoms with Gasteiger partial charge >= 0.3 is 5.97 Å². The Hall–Kier alpha value is -2.29. The Morgan fingerprint density at radius 3 is 2.43 bits per heavy atom. The van der Waals surface area contributed by atoms with Crippen LogP contribution in [-0.4, -0.2) is 26.8 Å². The minimum Gasteiger partial charge on any atom is -0.465 e. The lowest BCUT2D eigenvalue weighted by Crippen LogP contribution is -2.29. The summed E-state index contributed by atoms with van der Waals surface area (Å²) in [6.45, 7) is 1.58. The number of rotatable bonds is 8. The monoisotopic (exact) mass is 512 g/mol. The van der Waals surface area contributed by atoms with Gasteiger partial charge < -0.3 is 4.74 Å². The van der Waals surface area contributed by atoms with Gasteiger partial charge in [0.25, 0.3) is 0 Å². The van der Waals surface area contributed by atoms with Crippen LogP contribution >= 0.6 is 22.6 Å². The summed E-state index contributed by atoms with van der Waals surface area (Å²) in [5.41, 5.74) is 0.506. The van der Waals surface area contributed by atoms with Crippen LogP contribution in [0.5, 0.6) is 0 Å². The maximum Gasteiger partial charge on any atom is 0.331 e. The predicted molar refractivity (Wildman–Crippen MR) is 110 cm³/mol. The number of nitriles is 1. The summed E-state index contributed by atoms with van der Waals surface area (Å²) in [6, 6.07) is 14.3. The molecule has 0 radical (unpaired) electrons. The molecule has 146 valence electrons. The van der Waals surface area contributed by atoms with E-state index in [1.807, 2.05) is 12.1 Å². The van der Waals surface area contributed by atoms with Crippen LogP contribution in [0.2, 0.25) is 0 Å². The van der Waals surface area contributed by atoms with Crippen molar-refractivity contribution in [3.8, 4) is 6.07 Å². The number of nitrogens with zero attached hydrogens (tertiary/aromatic N) is 1. The molecule has 0 spiro atoms. The fourth-order valence-corrected chi connectivity index (χ4v) is 3.95. The van der Waals surface area contributed by atoms with E-state index in [1.54, 1.807) is 25.1 Å². The van der Waals surface area contributed by atoms with Gasteiger partial charge in [0.05, 0.1) is 17.6 Å². The first-order valence-corrected chi connectivity index (χ1v) is 10.8. The number of sulfonamides is 1. The van der Waals surface area contributed by atoms with E-state index in [1.165, 1.54) is 24.3 Å². The van der Waals surface area contributed by atoms with Gasteiger partial charge in [0, 0.05) is 15.7 Å². The maximum absolute atomic E-state index is 12.7. The number of carbonyl (C=O) groups excluding carboxylic acids is 2. The zero-order chi connectivity index (χ0) is 20.7. The molecule has 0 saturated heterocycles. The molecule has 0 saturated carbocycles. The van der Waals surface area contributed by atoms with Gasteiger partial charge in [0.15, 0.2) is 5.78 Å². The van der Waals surface area contributed by atoms with Crippen LogP contribution in [0.1, 0.15) is 22.8 Å². The van der Waals surface area contributed by atoms with Crippen molar-refractivity contribution < 1.29 is 22.7 Å². The molecule has 0 aromatic heterocycles. The third kappa shape index (κ3) is 5.37. The van der Waals surface area contributed by atoms with Crippen molar-refractivity contribution in [2.75, 3.05) is 6.61 Å². The van der Waals surface area contributed by atoms with Crippen LogP contribution in [0.15, 0.2) is 53.4 Å². The third-order valence-electron chi connectivity index (χ3n) is 3.74. The van der Waals surface area contributed by atoms with Crippen LogP contribution in [0.3, 0.4) is 0 Å². The van der Waals surface area contributed by atoms with Crippen molar-refractivity contribution in [2.24, 2.45) is 5.92 Å². The maximum atomic E-state index is 12.7. The second kappa shape index (κ2) is 9.77. The number of nitrogens with one attached hydrogen (secondary N) is 1.